The molecule has 0 bridgehead atoms. The topological polar surface area (TPSA) is 77.4 Å². The third kappa shape index (κ3) is 3.57. The van der Waals surface area contributed by atoms with Gasteiger partial charge >= 0.3 is 0 Å². The Morgan fingerprint density at radius 3 is 2.69 bits per heavy atom. The van der Waals surface area contributed by atoms with Gasteiger partial charge < -0.3 is 0 Å². The zero-order valence-electron chi connectivity index (χ0n) is 14.9. The van der Waals surface area contributed by atoms with Gasteiger partial charge in [-0.3, -0.25) is 4.79 Å². The Labute approximate surface area is 179 Å². The van der Waals surface area contributed by atoms with E-state index in [2.05, 4.69) is 15.3 Å². The van der Waals surface area contributed by atoms with E-state index in [4.69, 9.17) is 16.7 Å². The maximum atomic E-state index is 12.4. The third-order valence-corrected chi connectivity index (χ3v) is 6.42. The van der Waals surface area contributed by atoms with Crippen LogP contribution in [0, 0.1) is 0 Å². The highest BCUT2D eigenvalue weighted by Crippen LogP contribution is 2.27. The highest BCUT2D eigenvalue weighted by atomic mass is 35.5. The van der Waals surface area contributed by atoms with Crippen molar-refractivity contribution in [3.05, 3.63) is 70.7 Å². The van der Waals surface area contributed by atoms with Gasteiger partial charge in [-0.2, -0.15) is 14.3 Å². The Kier molecular flexibility index (Phi) is 4.86. The van der Waals surface area contributed by atoms with Crippen LogP contribution in [0.25, 0.3) is 5.78 Å². The SMILES string of the molecule is O=C(CSc1nnc2n3c(nn12)SCC(c1ccccc1)=N3)c1ccc(Cl)cc1. The van der Waals surface area contributed by atoms with Crippen LogP contribution in [0.3, 0.4) is 0 Å². The first-order valence-corrected chi connectivity index (χ1v) is 11.1. The van der Waals surface area contributed by atoms with Crippen LogP contribution in [0.4, 0.5) is 0 Å². The van der Waals surface area contributed by atoms with Crippen LogP contribution in [0.2, 0.25) is 5.02 Å². The minimum Gasteiger partial charge on any atom is -0.293 e. The fraction of sp³-hybridized carbons (Fsp3) is 0.105. The molecule has 2 aromatic heterocycles. The Balaban J connectivity index is 1.39. The third-order valence-electron chi connectivity index (χ3n) is 4.32. The van der Waals surface area contributed by atoms with Crippen LogP contribution >= 0.6 is 35.1 Å². The number of fused-ring (bicyclic) bond motifs is 3. The average molecular weight is 441 g/mol. The molecule has 0 spiro atoms. The monoisotopic (exact) mass is 440 g/mol. The molecule has 4 aromatic rings. The standard InChI is InChI=1S/C19H13ClN6OS2/c20-14-8-6-13(7-9-14)16(27)11-29-18-22-21-17-25(18)24-19-26(17)23-15(10-28-19)12-4-2-1-3-5-12/h1-9H,10-11H2. The van der Waals surface area contributed by atoms with Crippen molar-refractivity contribution in [2.75, 3.05) is 11.5 Å². The first kappa shape index (κ1) is 18.4. The molecular weight excluding hydrogens is 428 g/mol. The van der Waals surface area contributed by atoms with E-state index in [0.717, 1.165) is 22.2 Å². The number of nitrogens with zero attached hydrogens (tertiary/aromatic N) is 6. The summed E-state index contributed by atoms with van der Waals surface area (Å²) in [6.45, 7) is 0. The first-order valence-electron chi connectivity index (χ1n) is 8.71. The summed E-state index contributed by atoms with van der Waals surface area (Å²) >= 11 is 8.77. The number of hydrogen-bond donors (Lipinski definition) is 0. The maximum absolute atomic E-state index is 12.4. The van der Waals surface area contributed by atoms with Crippen LogP contribution in [0.5, 0.6) is 0 Å². The lowest BCUT2D eigenvalue weighted by atomic mass is 10.1. The van der Waals surface area contributed by atoms with Crippen molar-refractivity contribution >= 4 is 52.4 Å². The van der Waals surface area contributed by atoms with Gasteiger partial charge in [0, 0.05) is 16.3 Å². The van der Waals surface area contributed by atoms with Crippen molar-refractivity contribution in [3.63, 3.8) is 0 Å². The maximum Gasteiger partial charge on any atom is 0.276 e. The van der Waals surface area contributed by atoms with Gasteiger partial charge in [-0.15, -0.1) is 15.3 Å². The van der Waals surface area contributed by atoms with Crippen molar-refractivity contribution in [2.45, 2.75) is 10.3 Å². The van der Waals surface area contributed by atoms with Gasteiger partial charge in [-0.1, -0.05) is 65.5 Å². The lowest BCUT2D eigenvalue weighted by Crippen LogP contribution is -2.13. The summed E-state index contributed by atoms with van der Waals surface area (Å²) in [6, 6.07) is 16.9. The summed E-state index contributed by atoms with van der Waals surface area (Å²) in [6.07, 6.45) is 0. The summed E-state index contributed by atoms with van der Waals surface area (Å²) < 4.78 is 3.34. The van der Waals surface area contributed by atoms with Crippen molar-refractivity contribution in [2.24, 2.45) is 5.10 Å². The number of hydrogen-bond acceptors (Lipinski definition) is 7. The molecule has 0 radical (unpaired) electrons. The van der Waals surface area contributed by atoms with E-state index >= 15 is 0 Å². The molecule has 0 unspecified atom stereocenters. The number of benzene rings is 2. The fourth-order valence-electron chi connectivity index (χ4n) is 2.86. The number of thioether (sulfide) groups is 2. The van der Waals surface area contributed by atoms with E-state index in [0.29, 0.717) is 21.5 Å². The van der Waals surface area contributed by atoms with Gasteiger partial charge in [0.05, 0.1) is 11.5 Å². The van der Waals surface area contributed by atoms with E-state index in [1.54, 1.807) is 45.2 Å². The molecule has 0 saturated heterocycles. The molecule has 5 rings (SSSR count). The number of rotatable bonds is 5. The molecule has 10 heteroatoms. The molecule has 0 saturated carbocycles. The molecule has 1 aliphatic heterocycles. The molecule has 0 fully saturated rings. The van der Waals surface area contributed by atoms with Crippen molar-refractivity contribution in [3.8, 4) is 0 Å². The summed E-state index contributed by atoms with van der Waals surface area (Å²) in [5.41, 5.74) is 2.64. The Morgan fingerprint density at radius 2 is 1.90 bits per heavy atom. The second kappa shape index (κ2) is 7.66. The molecule has 0 aliphatic carbocycles. The van der Waals surface area contributed by atoms with Gasteiger partial charge in [-0.05, 0) is 29.8 Å². The van der Waals surface area contributed by atoms with Crippen LogP contribution < -0.4 is 0 Å². The number of ketones is 1. The predicted molar refractivity (Wildman–Crippen MR) is 114 cm³/mol. The molecule has 0 atom stereocenters. The Bertz CT molecular complexity index is 1230. The molecular formula is C19H13ClN6OS2. The smallest absolute Gasteiger partial charge is 0.276 e. The van der Waals surface area contributed by atoms with E-state index in [1.165, 1.54) is 11.8 Å². The van der Waals surface area contributed by atoms with Crippen LogP contribution in [-0.4, -0.2) is 47.5 Å². The van der Waals surface area contributed by atoms with Crippen LogP contribution in [-0.2, 0) is 0 Å². The zero-order valence-corrected chi connectivity index (χ0v) is 17.3. The van der Waals surface area contributed by atoms with Gasteiger partial charge in [-0.25, -0.2) is 0 Å². The molecule has 1 aliphatic rings. The van der Waals surface area contributed by atoms with E-state index in [9.17, 15) is 4.79 Å². The summed E-state index contributed by atoms with van der Waals surface area (Å²) in [7, 11) is 0. The number of aromatic nitrogens is 5. The lowest BCUT2D eigenvalue weighted by molar-refractivity contribution is 0.102. The Morgan fingerprint density at radius 1 is 1.10 bits per heavy atom. The highest BCUT2D eigenvalue weighted by Gasteiger charge is 2.23. The minimum atomic E-state index is -0.00820. The summed E-state index contributed by atoms with van der Waals surface area (Å²) in [5, 5.41) is 19.6. The van der Waals surface area contributed by atoms with Crippen molar-refractivity contribution in [1.29, 1.82) is 0 Å². The first-order chi connectivity index (χ1) is 14.2. The quantitative estimate of drug-likeness (QED) is 0.346. The summed E-state index contributed by atoms with van der Waals surface area (Å²) in [4.78, 5) is 12.4. The molecule has 2 aromatic carbocycles. The minimum absolute atomic E-state index is 0.00820. The van der Waals surface area contributed by atoms with Gasteiger partial charge in [0.1, 0.15) is 0 Å². The van der Waals surface area contributed by atoms with Crippen molar-refractivity contribution in [1.82, 2.24) is 24.5 Å². The van der Waals surface area contributed by atoms with Gasteiger partial charge in [0.25, 0.3) is 5.78 Å². The van der Waals surface area contributed by atoms with Gasteiger partial charge in [0.2, 0.25) is 10.3 Å². The Hall–Kier alpha value is -2.62. The van der Waals surface area contributed by atoms with Crippen LogP contribution in [0.15, 0.2) is 70.0 Å². The normalized spacial score (nSPS) is 13.3. The van der Waals surface area contributed by atoms with Gasteiger partial charge in [0.15, 0.2) is 5.78 Å². The second-order valence-electron chi connectivity index (χ2n) is 6.21. The molecule has 144 valence electrons. The number of carbonyl (C=O) groups excluding carboxylic acids is 1. The van der Waals surface area contributed by atoms with E-state index in [-0.39, 0.29) is 11.5 Å². The highest BCUT2D eigenvalue weighted by molar-refractivity contribution is 8.00. The fourth-order valence-corrected chi connectivity index (χ4v) is 4.63. The lowest BCUT2D eigenvalue weighted by Gasteiger charge is -2.11. The largest absolute Gasteiger partial charge is 0.293 e. The van der Waals surface area contributed by atoms with E-state index in [1.807, 2.05) is 30.3 Å². The number of carbonyl (C=O) groups is 1. The average Bonchev–Trinajstić information content (AvgIpc) is 3.32. The van der Waals surface area contributed by atoms with Crippen molar-refractivity contribution < 1.29 is 4.79 Å². The summed E-state index contributed by atoms with van der Waals surface area (Å²) in [5.74, 6) is 1.49. The zero-order chi connectivity index (χ0) is 19.8. The number of Topliss-reactive ketones (excluding diaryl/α,β-unsaturated/α-hetero) is 1. The molecule has 29 heavy (non-hydrogen) atoms. The van der Waals surface area contributed by atoms with E-state index < -0.39 is 0 Å². The molecule has 0 N–H and O–H groups in total. The predicted octanol–water partition coefficient (Wildman–Crippen LogP) is 3.91. The molecule has 3 heterocycles. The second-order valence-corrected chi connectivity index (χ2v) is 8.53. The molecule has 7 nitrogen and oxygen atoms in total. The number of halogens is 1. The molecule has 0 amide bonds. The van der Waals surface area contributed by atoms with Crippen LogP contribution in [0.1, 0.15) is 15.9 Å².